The lowest BCUT2D eigenvalue weighted by Gasteiger charge is -2.43. The molecule has 1 atom stereocenters. The van der Waals surface area contributed by atoms with Crippen molar-refractivity contribution in [3.63, 3.8) is 0 Å². The van der Waals surface area contributed by atoms with Crippen molar-refractivity contribution in [1.82, 2.24) is 0 Å². The van der Waals surface area contributed by atoms with Gasteiger partial charge in [0.05, 0.1) is 5.57 Å². The Morgan fingerprint density at radius 3 is 2.48 bits per heavy atom. The number of hydrogen-bond acceptors (Lipinski definition) is 5. The number of rotatable bonds is 1. The Hall–Kier alpha value is -3.85. The van der Waals surface area contributed by atoms with Gasteiger partial charge >= 0.3 is 0 Å². The van der Waals surface area contributed by atoms with Crippen LogP contribution < -0.4 is 16.0 Å². The van der Waals surface area contributed by atoms with Crippen LogP contribution in [0.4, 0.5) is 11.4 Å². The normalized spacial score (nSPS) is 22.4. The van der Waals surface area contributed by atoms with E-state index >= 15 is 0 Å². The van der Waals surface area contributed by atoms with E-state index in [0.29, 0.717) is 41.8 Å². The van der Waals surface area contributed by atoms with E-state index in [1.54, 1.807) is 4.90 Å². The molecular weight excluding hydrogens is 388 g/mol. The van der Waals surface area contributed by atoms with Gasteiger partial charge in [-0.1, -0.05) is 35.4 Å². The van der Waals surface area contributed by atoms with Crippen LogP contribution in [0.2, 0.25) is 0 Å². The van der Waals surface area contributed by atoms with Gasteiger partial charge in [-0.25, -0.2) is 0 Å². The summed E-state index contributed by atoms with van der Waals surface area (Å²) in [6, 6.07) is 15.6. The average Bonchev–Trinajstić information content (AvgIpc) is 3.02. The summed E-state index contributed by atoms with van der Waals surface area (Å²) in [5.74, 6) is -0.300. The lowest BCUT2D eigenvalue weighted by atomic mass is 9.63. The fourth-order valence-corrected chi connectivity index (χ4v) is 5.09. The first-order valence-corrected chi connectivity index (χ1v) is 10.4. The molecule has 2 aromatic rings. The van der Waals surface area contributed by atoms with Gasteiger partial charge in [0, 0.05) is 34.6 Å². The van der Waals surface area contributed by atoms with Crippen LogP contribution in [-0.4, -0.2) is 11.7 Å². The zero-order valence-corrected chi connectivity index (χ0v) is 17.5. The second-order valence-electron chi connectivity index (χ2n) is 8.39. The maximum absolute atomic E-state index is 13.6. The van der Waals surface area contributed by atoms with Crippen LogP contribution in [0.5, 0.6) is 0 Å². The standard InChI is InChI=1S/C25H22N4O2/c1-14-6-9-16(10-7-14)29-20-4-3-5-21(30)22(20)25(18(13-26)23(29)27)17-12-15(2)8-11-19(17)28-24(25)31/h6-12H,3-5,27H2,1-2H3,(H,28,31). The SMILES string of the molecule is Cc1ccc(N2C(N)=C(C#N)C3(C(=O)Nc4ccc(C)cc43)C3=C2CCCC3=O)cc1. The number of amides is 1. The second-order valence-corrected chi connectivity index (χ2v) is 8.39. The zero-order chi connectivity index (χ0) is 21.9. The molecule has 0 fully saturated rings. The van der Waals surface area contributed by atoms with E-state index in [1.807, 2.05) is 56.3 Å². The van der Waals surface area contributed by atoms with Crippen LogP contribution in [-0.2, 0) is 15.0 Å². The number of nitrogens with two attached hydrogens (primary N) is 1. The number of nitriles is 1. The van der Waals surface area contributed by atoms with E-state index < -0.39 is 5.41 Å². The van der Waals surface area contributed by atoms with Crippen molar-refractivity contribution in [3.8, 4) is 6.07 Å². The van der Waals surface area contributed by atoms with E-state index in [0.717, 1.165) is 16.8 Å². The molecule has 3 aliphatic rings. The molecule has 6 nitrogen and oxygen atoms in total. The Balaban J connectivity index is 1.88. The summed E-state index contributed by atoms with van der Waals surface area (Å²) in [7, 11) is 0. The number of anilines is 2. The zero-order valence-electron chi connectivity index (χ0n) is 17.5. The highest BCUT2D eigenvalue weighted by atomic mass is 16.2. The third-order valence-corrected chi connectivity index (χ3v) is 6.47. The van der Waals surface area contributed by atoms with E-state index in [9.17, 15) is 14.9 Å². The topological polar surface area (TPSA) is 99.2 Å². The monoisotopic (exact) mass is 410 g/mol. The highest BCUT2D eigenvalue weighted by Crippen LogP contribution is 2.55. The summed E-state index contributed by atoms with van der Waals surface area (Å²) in [6.45, 7) is 3.92. The van der Waals surface area contributed by atoms with E-state index in [4.69, 9.17) is 5.73 Å². The number of Topliss-reactive ketones (excluding diaryl/α,β-unsaturated/α-hetero) is 1. The highest BCUT2D eigenvalue weighted by Gasteiger charge is 2.60. The molecule has 1 spiro atoms. The summed E-state index contributed by atoms with van der Waals surface area (Å²) in [5.41, 5.74) is 10.4. The van der Waals surface area contributed by atoms with Gasteiger partial charge in [-0.3, -0.25) is 14.5 Å². The molecule has 0 bridgehead atoms. The number of nitrogens with one attached hydrogen (secondary N) is 1. The molecule has 5 rings (SSSR count). The van der Waals surface area contributed by atoms with Crippen LogP contribution in [0.3, 0.4) is 0 Å². The first kappa shape index (κ1) is 19.1. The van der Waals surface area contributed by atoms with E-state index in [2.05, 4.69) is 11.4 Å². The number of carbonyl (C=O) groups excluding carboxylic acids is 2. The number of allylic oxidation sites excluding steroid dienone is 1. The largest absolute Gasteiger partial charge is 0.384 e. The van der Waals surface area contributed by atoms with Gasteiger partial charge in [0.25, 0.3) is 0 Å². The van der Waals surface area contributed by atoms with Gasteiger partial charge in [0.15, 0.2) is 5.78 Å². The summed E-state index contributed by atoms with van der Waals surface area (Å²) in [5, 5.41) is 13.2. The third-order valence-electron chi connectivity index (χ3n) is 6.47. The highest BCUT2D eigenvalue weighted by molar-refractivity contribution is 6.19. The number of nitrogens with zero attached hydrogens (tertiary/aromatic N) is 2. The summed E-state index contributed by atoms with van der Waals surface area (Å²) >= 11 is 0. The minimum absolute atomic E-state index is 0.101. The van der Waals surface area contributed by atoms with E-state index in [1.165, 1.54) is 0 Å². The molecular formula is C25H22N4O2. The molecule has 0 saturated heterocycles. The molecule has 6 heteroatoms. The predicted octanol–water partition coefficient (Wildman–Crippen LogP) is 3.71. The lowest BCUT2D eigenvalue weighted by Crippen LogP contribution is -2.50. The average molecular weight is 410 g/mol. The van der Waals surface area contributed by atoms with Crippen molar-refractivity contribution in [2.75, 3.05) is 10.2 Å². The summed E-state index contributed by atoms with van der Waals surface area (Å²) in [6.07, 6.45) is 1.62. The van der Waals surface area contributed by atoms with Crippen molar-refractivity contribution in [2.45, 2.75) is 38.5 Å². The Morgan fingerprint density at radius 1 is 1.06 bits per heavy atom. The fourth-order valence-electron chi connectivity index (χ4n) is 5.09. The van der Waals surface area contributed by atoms with Crippen molar-refractivity contribution in [3.05, 3.63) is 81.8 Å². The molecule has 0 aromatic heterocycles. The molecule has 0 saturated carbocycles. The van der Waals surface area contributed by atoms with Gasteiger partial charge in [-0.15, -0.1) is 0 Å². The van der Waals surface area contributed by atoms with Gasteiger partial charge in [-0.2, -0.15) is 5.26 Å². The second kappa shape index (κ2) is 6.58. The molecule has 31 heavy (non-hydrogen) atoms. The number of ketones is 1. The lowest BCUT2D eigenvalue weighted by molar-refractivity contribution is -0.122. The summed E-state index contributed by atoms with van der Waals surface area (Å²) < 4.78 is 0. The minimum atomic E-state index is -1.51. The molecule has 0 radical (unpaired) electrons. The van der Waals surface area contributed by atoms with Crippen molar-refractivity contribution >= 4 is 23.1 Å². The predicted molar refractivity (Wildman–Crippen MR) is 118 cm³/mol. The van der Waals surface area contributed by atoms with Gasteiger partial charge in [0.2, 0.25) is 5.91 Å². The Bertz CT molecular complexity index is 1260. The van der Waals surface area contributed by atoms with Gasteiger partial charge in [0.1, 0.15) is 17.3 Å². The number of hydrogen-bond donors (Lipinski definition) is 2. The van der Waals surface area contributed by atoms with Crippen LogP contribution in [0.1, 0.15) is 36.0 Å². The molecule has 1 amide bonds. The fraction of sp³-hybridized carbons (Fsp3) is 0.240. The maximum atomic E-state index is 13.6. The quantitative estimate of drug-likeness (QED) is 0.747. The van der Waals surface area contributed by atoms with Crippen LogP contribution in [0, 0.1) is 25.2 Å². The molecule has 2 aromatic carbocycles. The Kier molecular flexibility index (Phi) is 4.06. The summed E-state index contributed by atoms with van der Waals surface area (Å²) in [4.78, 5) is 28.7. The van der Waals surface area contributed by atoms with Gasteiger partial charge < -0.3 is 11.1 Å². The van der Waals surface area contributed by atoms with Crippen LogP contribution in [0.25, 0.3) is 0 Å². The molecule has 154 valence electrons. The van der Waals surface area contributed by atoms with Crippen LogP contribution in [0.15, 0.2) is 65.1 Å². The van der Waals surface area contributed by atoms with Crippen LogP contribution >= 0.6 is 0 Å². The molecule has 3 N–H and O–H groups in total. The smallest absolute Gasteiger partial charge is 0.245 e. The number of aryl methyl sites for hydroxylation is 2. The first-order valence-electron chi connectivity index (χ1n) is 10.4. The van der Waals surface area contributed by atoms with E-state index in [-0.39, 0.29) is 23.1 Å². The first-order chi connectivity index (χ1) is 14.9. The number of benzene rings is 2. The van der Waals surface area contributed by atoms with Crippen molar-refractivity contribution in [2.24, 2.45) is 5.73 Å². The molecule has 2 heterocycles. The molecule has 2 aliphatic heterocycles. The number of carbonyl (C=O) groups is 2. The Morgan fingerprint density at radius 2 is 1.77 bits per heavy atom. The van der Waals surface area contributed by atoms with Crippen molar-refractivity contribution in [1.29, 1.82) is 5.26 Å². The molecule has 1 unspecified atom stereocenters. The Labute approximate surface area is 180 Å². The third kappa shape index (κ3) is 2.43. The maximum Gasteiger partial charge on any atom is 0.245 e. The molecule has 1 aliphatic carbocycles. The van der Waals surface area contributed by atoms with Crippen molar-refractivity contribution < 1.29 is 9.59 Å². The minimum Gasteiger partial charge on any atom is -0.384 e. The number of fused-ring (bicyclic) bond motifs is 3. The van der Waals surface area contributed by atoms with Gasteiger partial charge in [-0.05, 0) is 44.9 Å².